The Morgan fingerprint density at radius 2 is 2.06 bits per heavy atom. The van der Waals surface area contributed by atoms with Crippen LogP contribution < -0.4 is 10.6 Å². The van der Waals surface area contributed by atoms with Crippen LogP contribution in [0.5, 0.6) is 5.75 Å². The van der Waals surface area contributed by atoms with Gasteiger partial charge in [0.1, 0.15) is 5.75 Å². The van der Waals surface area contributed by atoms with Gasteiger partial charge in [-0.1, -0.05) is 0 Å². The second-order valence-electron chi connectivity index (χ2n) is 3.92. The Morgan fingerprint density at radius 3 is 2.59 bits per heavy atom. The van der Waals surface area contributed by atoms with Crippen LogP contribution in [0.4, 0.5) is 11.4 Å². The van der Waals surface area contributed by atoms with Crippen molar-refractivity contribution in [2.45, 2.75) is 20.8 Å². The third-order valence-electron chi connectivity index (χ3n) is 2.47. The monoisotopic (exact) mass is 238 g/mol. The zero-order valence-corrected chi connectivity index (χ0v) is 10.3. The first-order chi connectivity index (χ1) is 7.97. The number of hydrogen-bond donors (Lipinski definition) is 4. The van der Waals surface area contributed by atoms with Crippen molar-refractivity contribution >= 4 is 17.3 Å². The molecule has 17 heavy (non-hydrogen) atoms. The molecule has 0 radical (unpaired) electrons. The van der Waals surface area contributed by atoms with E-state index in [1.807, 2.05) is 6.92 Å². The fourth-order valence-electron chi connectivity index (χ4n) is 1.67. The Morgan fingerprint density at radius 1 is 1.41 bits per heavy atom. The minimum Gasteiger partial charge on any atom is -0.505 e. The lowest BCUT2D eigenvalue weighted by atomic mass is 10.1. The van der Waals surface area contributed by atoms with Gasteiger partial charge in [-0.3, -0.25) is 4.79 Å². The topological polar surface area (TPSA) is 81.6 Å². The molecule has 1 aromatic carbocycles. The van der Waals surface area contributed by atoms with Gasteiger partial charge in [0.25, 0.3) is 0 Å². The van der Waals surface area contributed by atoms with Gasteiger partial charge < -0.3 is 20.8 Å². The summed E-state index contributed by atoms with van der Waals surface area (Å²) in [5.41, 5.74) is 2.66. The van der Waals surface area contributed by atoms with Gasteiger partial charge in [-0.25, -0.2) is 0 Å². The number of benzene rings is 1. The number of aliphatic hydroxyl groups is 1. The summed E-state index contributed by atoms with van der Waals surface area (Å²) in [6, 6.07) is 1.74. The van der Waals surface area contributed by atoms with Crippen molar-refractivity contribution in [1.29, 1.82) is 0 Å². The van der Waals surface area contributed by atoms with E-state index in [9.17, 15) is 9.90 Å². The number of hydrogen-bond acceptors (Lipinski definition) is 4. The molecular formula is C12H18N2O3. The standard InChI is InChI=1S/C12H18N2O3/c1-7-6-10(13-4-5-15)12(17)8(2)11(7)14-9(3)16/h6,13,15,17H,4-5H2,1-3H3,(H,14,16). The number of amides is 1. The number of rotatable bonds is 4. The van der Waals surface area contributed by atoms with E-state index in [4.69, 9.17) is 5.11 Å². The SMILES string of the molecule is CC(=O)Nc1c(C)cc(NCCO)c(O)c1C. The summed E-state index contributed by atoms with van der Waals surface area (Å²) in [6.45, 7) is 5.37. The number of aryl methyl sites for hydroxylation is 1. The molecule has 0 aliphatic rings. The normalized spacial score (nSPS) is 10.1. The van der Waals surface area contributed by atoms with Crippen LogP contribution in [-0.2, 0) is 4.79 Å². The highest BCUT2D eigenvalue weighted by Gasteiger charge is 2.12. The van der Waals surface area contributed by atoms with Gasteiger partial charge in [-0.2, -0.15) is 0 Å². The highest BCUT2D eigenvalue weighted by molar-refractivity contribution is 5.92. The Hall–Kier alpha value is -1.75. The molecule has 0 aromatic heterocycles. The van der Waals surface area contributed by atoms with E-state index in [1.165, 1.54) is 6.92 Å². The second-order valence-corrected chi connectivity index (χ2v) is 3.92. The van der Waals surface area contributed by atoms with E-state index in [2.05, 4.69) is 10.6 Å². The van der Waals surface area contributed by atoms with E-state index in [0.29, 0.717) is 23.5 Å². The quantitative estimate of drug-likeness (QED) is 0.597. The van der Waals surface area contributed by atoms with E-state index < -0.39 is 0 Å². The number of anilines is 2. The lowest BCUT2D eigenvalue weighted by molar-refractivity contribution is -0.114. The third-order valence-corrected chi connectivity index (χ3v) is 2.47. The Balaban J connectivity index is 3.12. The summed E-state index contributed by atoms with van der Waals surface area (Å²) < 4.78 is 0. The maximum absolute atomic E-state index is 11.0. The Labute approximate surface area is 100 Å². The van der Waals surface area contributed by atoms with E-state index >= 15 is 0 Å². The van der Waals surface area contributed by atoms with Crippen LogP contribution >= 0.6 is 0 Å². The molecule has 0 fully saturated rings. The second kappa shape index (κ2) is 5.54. The molecule has 4 N–H and O–H groups in total. The molecule has 1 amide bonds. The molecule has 1 aromatic rings. The van der Waals surface area contributed by atoms with E-state index in [-0.39, 0.29) is 18.3 Å². The summed E-state index contributed by atoms with van der Waals surface area (Å²) >= 11 is 0. The maximum Gasteiger partial charge on any atom is 0.221 e. The number of carbonyl (C=O) groups excluding carboxylic acids is 1. The summed E-state index contributed by atoms with van der Waals surface area (Å²) in [7, 11) is 0. The third kappa shape index (κ3) is 3.10. The number of nitrogens with one attached hydrogen (secondary N) is 2. The molecule has 0 spiro atoms. The number of phenolic OH excluding ortho intramolecular Hbond substituents is 1. The van der Waals surface area contributed by atoms with Gasteiger partial charge in [0.2, 0.25) is 5.91 Å². The van der Waals surface area contributed by atoms with Crippen molar-refractivity contribution in [2.75, 3.05) is 23.8 Å². The average molecular weight is 238 g/mol. The van der Waals surface area contributed by atoms with E-state index in [1.54, 1.807) is 13.0 Å². The molecule has 5 nitrogen and oxygen atoms in total. The van der Waals surface area contributed by atoms with Crippen LogP contribution in [0.1, 0.15) is 18.1 Å². The van der Waals surface area contributed by atoms with Gasteiger partial charge in [0.05, 0.1) is 18.0 Å². The summed E-state index contributed by atoms with van der Waals surface area (Å²) in [6.07, 6.45) is 0. The van der Waals surface area contributed by atoms with Gasteiger partial charge in [-0.15, -0.1) is 0 Å². The van der Waals surface area contributed by atoms with Crippen LogP contribution in [-0.4, -0.2) is 29.3 Å². The van der Waals surface area contributed by atoms with Crippen molar-refractivity contribution in [3.63, 3.8) is 0 Å². The van der Waals surface area contributed by atoms with Crippen LogP contribution in [0.3, 0.4) is 0 Å². The molecular weight excluding hydrogens is 220 g/mol. The predicted octanol–water partition coefficient (Wildman–Crippen LogP) is 1.37. The molecule has 0 aliphatic heterocycles. The predicted molar refractivity (Wildman–Crippen MR) is 67.5 cm³/mol. The molecule has 0 heterocycles. The van der Waals surface area contributed by atoms with Crippen molar-refractivity contribution < 1.29 is 15.0 Å². The number of aromatic hydroxyl groups is 1. The highest BCUT2D eigenvalue weighted by Crippen LogP contribution is 2.35. The molecule has 0 unspecified atom stereocenters. The van der Waals surface area contributed by atoms with Crippen LogP contribution in [0.25, 0.3) is 0 Å². The van der Waals surface area contributed by atoms with Crippen molar-refractivity contribution in [3.8, 4) is 5.75 Å². The highest BCUT2D eigenvalue weighted by atomic mass is 16.3. The summed E-state index contributed by atoms with van der Waals surface area (Å²) in [5, 5.41) is 24.3. The lowest BCUT2D eigenvalue weighted by Crippen LogP contribution is -2.11. The van der Waals surface area contributed by atoms with Crippen molar-refractivity contribution in [3.05, 3.63) is 17.2 Å². The minimum absolute atomic E-state index is 0.00895. The summed E-state index contributed by atoms with van der Waals surface area (Å²) in [5.74, 6) is -0.0838. The first kappa shape index (κ1) is 13.3. The molecule has 0 aliphatic carbocycles. The maximum atomic E-state index is 11.0. The van der Waals surface area contributed by atoms with Gasteiger partial charge >= 0.3 is 0 Å². The van der Waals surface area contributed by atoms with Gasteiger partial charge in [0, 0.05) is 19.0 Å². The minimum atomic E-state index is -0.174. The number of phenols is 1. The zero-order chi connectivity index (χ0) is 13.0. The Bertz CT molecular complexity index is 430. The Kier molecular flexibility index (Phi) is 4.34. The van der Waals surface area contributed by atoms with Gasteiger partial charge in [-0.05, 0) is 25.5 Å². The fraction of sp³-hybridized carbons (Fsp3) is 0.417. The lowest BCUT2D eigenvalue weighted by Gasteiger charge is -2.16. The molecule has 0 atom stereocenters. The zero-order valence-electron chi connectivity index (χ0n) is 10.3. The van der Waals surface area contributed by atoms with Crippen molar-refractivity contribution in [2.24, 2.45) is 0 Å². The van der Waals surface area contributed by atoms with Crippen molar-refractivity contribution in [1.82, 2.24) is 0 Å². The molecule has 0 saturated heterocycles. The number of carbonyl (C=O) groups is 1. The molecule has 1 rings (SSSR count). The average Bonchev–Trinajstić information content (AvgIpc) is 2.27. The first-order valence-corrected chi connectivity index (χ1v) is 5.42. The van der Waals surface area contributed by atoms with Crippen LogP contribution in [0.15, 0.2) is 6.07 Å². The largest absolute Gasteiger partial charge is 0.505 e. The van der Waals surface area contributed by atoms with Crippen LogP contribution in [0, 0.1) is 13.8 Å². The summed E-state index contributed by atoms with van der Waals surface area (Å²) in [4.78, 5) is 11.0. The van der Waals surface area contributed by atoms with Gasteiger partial charge in [0.15, 0.2) is 0 Å². The number of aliphatic hydroxyl groups excluding tert-OH is 1. The van der Waals surface area contributed by atoms with Crippen LogP contribution in [0.2, 0.25) is 0 Å². The fourth-order valence-corrected chi connectivity index (χ4v) is 1.67. The molecule has 5 heteroatoms. The first-order valence-electron chi connectivity index (χ1n) is 5.42. The molecule has 94 valence electrons. The smallest absolute Gasteiger partial charge is 0.221 e. The molecule has 0 saturated carbocycles. The van der Waals surface area contributed by atoms with E-state index in [0.717, 1.165) is 5.56 Å². The molecule has 0 bridgehead atoms.